The summed E-state index contributed by atoms with van der Waals surface area (Å²) in [7, 11) is 0. The molecule has 0 atom stereocenters. The van der Waals surface area contributed by atoms with Crippen molar-refractivity contribution in [2.75, 3.05) is 43.1 Å². The van der Waals surface area contributed by atoms with E-state index in [1.54, 1.807) is 0 Å². The van der Waals surface area contributed by atoms with Gasteiger partial charge in [-0.25, -0.2) is 4.98 Å². The fourth-order valence-corrected chi connectivity index (χ4v) is 3.11. The number of hydrogen-bond acceptors (Lipinski definition) is 6. The molecule has 4 rings (SSSR count). The van der Waals surface area contributed by atoms with E-state index in [9.17, 15) is 0 Å². The maximum Gasteiger partial charge on any atom is 0.228 e. The molecule has 2 heterocycles. The predicted molar refractivity (Wildman–Crippen MR) is 111 cm³/mol. The molecule has 0 radical (unpaired) electrons. The summed E-state index contributed by atoms with van der Waals surface area (Å²) >= 11 is 0. The molecule has 1 N–H and O–H groups in total. The van der Waals surface area contributed by atoms with Crippen LogP contribution in [0.4, 0.5) is 17.5 Å². The number of nitrogens with zero attached hydrogens (tertiary/aromatic N) is 3. The van der Waals surface area contributed by atoms with Gasteiger partial charge in [0.1, 0.15) is 11.6 Å². The number of aromatic nitrogens is 2. The molecular weight excluding hydrogens is 352 g/mol. The van der Waals surface area contributed by atoms with Crippen LogP contribution in [0.1, 0.15) is 6.92 Å². The smallest absolute Gasteiger partial charge is 0.228 e. The lowest BCUT2D eigenvalue weighted by Crippen LogP contribution is -2.37. The minimum Gasteiger partial charge on any atom is -0.494 e. The minimum atomic E-state index is 0.655. The second kappa shape index (κ2) is 8.71. The second-order valence-corrected chi connectivity index (χ2v) is 6.49. The number of anilines is 3. The van der Waals surface area contributed by atoms with Crippen LogP contribution in [0.2, 0.25) is 0 Å². The number of morpholine rings is 1. The monoisotopic (exact) mass is 376 g/mol. The zero-order valence-electron chi connectivity index (χ0n) is 16.0. The summed E-state index contributed by atoms with van der Waals surface area (Å²) in [5, 5.41) is 3.40. The van der Waals surface area contributed by atoms with E-state index in [1.807, 2.05) is 55.5 Å². The van der Waals surface area contributed by atoms with Gasteiger partial charge in [-0.1, -0.05) is 30.3 Å². The summed E-state index contributed by atoms with van der Waals surface area (Å²) in [6, 6.07) is 20.0. The topological polar surface area (TPSA) is 59.5 Å². The van der Waals surface area contributed by atoms with Crippen LogP contribution in [-0.2, 0) is 4.74 Å². The van der Waals surface area contributed by atoms with Crippen LogP contribution in [0.3, 0.4) is 0 Å². The molecule has 1 aromatic heterocycles. The van der Waals surface area contributed by atoms with Crippen molar-refractivity contribution < 1.29 is 9.47 Å². The Bertz CT molecular complexity index is 894. The Labute approximate surface area is 165 Å². The van der Waals surface area contributed by atoms with Gasteiger partial charge in [-0.05, 0) is 31.2 Å². The standard InChI is InChI=1S/C22H24N4O2/c1-2-28-19-10-8-18(9-11-19)23-21-16-20(17-6-4-3-5-7-17)24-22(25-21)26-12-14-27-15-13-26/h3-11,16H,2,12-15H2,1H3,(H,23,24,25). The van der Waals surface area contributed by atoms with E-state index in [2.05, 4.69) is 22.3 Å². The van der Waals surface area contributed by atoms with Gasteiger partial charge in [-0.15, -0.1) is 0 Å². The fraction of sp³-hybridized carbons (Fsp3) is 0.273. The highest BCUT2D eigenvalue weighted by Crippen LogP contribution is 2.26. The molecule has 0 amide bonds. The molecule has 1 aliphatic heterocycles. The molecular formula is C22H24N4O2. The van der Waals surface area contributed by atoms with Gasteiger partial charge in [0.15, 0.2) is 0 Å². The van der Waals surface area contributed by atoms with Crippen LogP contribution in [0.15, 0.2) is 60.7 Å². The molecule has 0 aliphatic carbocycles. The van der Waals surface area contributed by atoms with E-state index >= 15 is 0 Å². The first kappa shape index (κ1) is 18.3. The van der Waals surface area contributed by atoms with E-state index in [0.717, 1.165) is 47.5 Å². The second-order valence-electron chi connectivity index (χ2n) is 6.49. The zero-order chi connectivity index (χ0) is 19.2. The van der Waals surface area contributed by atoms with Crippen molar-refractivity contribution in [3.05, 3.63) is 60.7 Å². The van der Waals surface area contributed by atoms with Crippen LogP contribution in [0.25, 0.3) is 11.3 Å². The molecule has 1 aliphatic rings. The van der Waals surface area contributed by atoms with Crippen molar-refractivity contribution in [3.8, 4) is 17.0 Å². The Hall–Kier alpha value is -3.12. The fourth-order valence-electron chi connectivity index (χ4n) is 3.11. The molecule has 2 aromatic carbocycles. The number of nitrogens with one attached hydrogen (secondary N) is 1. The molecule has 0 bridgehead atoms. The number of hydrogen-bond donors (Lipinski definition) is 1. The van der Waals surface area contributed by atoms with Crippen molar-refractivity contribution in [3.63, 3.8) is 0 Å². The normalized spacial score (nSPS) is 14.0. The third-order valence-electron chi connectivity index (χ3n) is 4.52. The maximum absolute atomic E-state index is 5.51. The predicted octanol–water partition coefficient (Wildman–Crippen LogP) is 4.12. The highest BCUT2D eigenvalue weighted by Gasteiger charge is 2.16. The SMILES string of the molecule is CCOc1ccc(Nc2cc(-c3ccccc3)nc(N3CCOCC3)n2)cc1. The van der Waals surface area contributed by atoms with Gasteiger partial charge in [0, 0.05) is 30.4 Å². The lowest BCUT2D eigenvalue weighted by atomic mass is 10.1. The largest absolute Gasteiger partial charge is 0.494 e. The molecule has 1 saturated heterocycles. The average molecular weight is 376 g/mol. The van der Waals surface area contributed by atoms with Gasteiger partial charge in [-0.3, -0.25) is 0 Å². The van der Waals surface area contributed by atoms with Crippen LogP contribution >= 0.6 is 0 Å². The molecule has 3 aromatic rings. The summed E-state index contributed by atoms with van der Waals surface area (Å²) in [5.41, 5.74) is 2.91. The molecule has 6 nitrogen and oxygen atoms in total. The number of benzene rings is 2. The zero-order valence-corrected chi connectivity index (χ0v) is 16.0. The molecule has 144 valence electrons. The van der Waals surface area contributed by atoms with Crippen LogP contribution < -0.4 is 15.0 Å². The van der Waals surface area contributed by atoms with Crippen molar-refractivity contribution in [1.29, 1.82) is 0 Å². The van der Waals surface area contributed by atoms with E-state index < -0.39 is 0 Å². The third-order valence-corrected chi connectivity index (χ3v) is 4.52. The van der Waals surface area contributed by atoms with Crippen molar-refractivity contribution in [2.45, 2.75) is 6.92 Å². The third kappa shape index (κ3) is 4.40. The van der Waals surface area contributed by atoms with Gasteiger partial charge >= 0.3 is 0 Å². The molecule has 0 unspecified atom stereocenters. The summed E-state index contributed by atoms with van der Waals surface area (Å²) in [6.07, 6.45) is 0. The number of rotatable bonds is 6. The van der Waals surface area contributed by atoms with Crippen LogP contribution in [0, 0.1) is 0 Å². The Morgan fingerprint density at radius 1 is 1.00 bits per heavy atom. The van der Waals surface area contributed by atoms with E-state index in [-0.39, 0.29) is 0 Å². The first-order chi connectivity index (χ1) is 13.8. The van der Waals surface area contributed by atoms with Crippen LogP contribution in [0.5, 0.6) is 5.75 Å². The quantitative estimate of drug-likeness (QED) is 0.698. The Morgan fingerprint density at radius 2 is 1.75 bits per heavy atom. The average Bonchev–Trinajstić information content (AvgIpc) is 2.76. The Morgan fingerprint density at radius 3 is 2.46 bits per heavy atom. The summed E-state index contributed by atoms with van der Waals surface area (Å²) in [6.45, 7) is 5.61. The van der Waals surface area contributed by atoms with Gasteiger partial charge in [0.2, 0.25) is 5.95 Å². The van der Waals surface area contributed by atoms with E-state index in [4.69, 9.17) is 19.4 Å². The first-order valence-corrected chi connectivity index (χ1v) is 9.59. The summed E-state index contributed by atoms with van der Waals surface area (Å²) in [5.74, 6) is 2.34. The lowest BCUT2D eigenvalue weighted by Gasteiger charge is -2.27. The minimum absolute atomic E-state index is 0.655. The molecule has 0 spiro atoms. The lowest BCUT2D eigenvalue weighted by molar-refractivity contribution is 0.122. The van der Waals surface area contributed by atoms with Gasteiger partial charge in [0.25, 0.3) is 0 Å². The summed E-state index contributed by atoms with van der Waals surface area (Å²) < 4.78 is 11.0. The van der Waals surface area contributed by atoms with Crippen molar-refractivity contribution in [2.24, 2.45) is 0 Å². The Balaban J connectivity index is 1.65. The van der Waals surface area contributed by atoms with Crippen molar-refractivity contribution in [1.82, 2.24) is 9.97 Å². The van der Waals surface area contributed by atoms with Gasteiger partial charge in [0.05, 0.1) is 25.5 Å². The number of ether oxygens (including phenoxy) is 2. The highest BCUT2D eigenvalue weighted by atomic mass is 16.5. The summed E-state index contributed by atoms with van der Waals surface area (Å²) in [4.78, 5) is 11.7. The van der Waals surface area contributed by atoms with E-state index in [1.165, 1.54) is 0 Å². The van der Waals surface area contributed by atoms with Gasteiger partial charge < -0.3 is 19.7 Å². The Kier molecular flexibility index (Phi) is 5.68. The first-order valence-electron chi connectivity index (χ1n) is 9.59. The molecule has 1 fully saturated rings. The molecule has 6 heteroatoms. The van der Waals surface area contributed by atoms with E-state index in [0.29, 0.717) is 19.8 Å². The van der Waals surface area contributed by atoms with Gasteiger partial charge in [-0.2, -0.15) is 4.98 Å². The maximum atomic E-state index is 5.51. The van der Waals surface area contributed by atoms with Crippen molar-refractivity contribution >= 4 is 17.5 Å². The highest BCUT2D eigenvalue weighted by molar-refractivity contribution is 5.67. The molecule has 0 saturated carbocycles. The van der Waals surface area contributed by atoms with Crippen LogP contribution in [-0.4, -0.2) is 42.9 Å². The molecule has 28 heavy (non-hydrogen) atoms.